The largest absolute Gasteiger partial charge is 0.464 e. The predicted octanol–water partition coefficient (Wildman–Crippen LogP) is 4.31. The van der Waals surface area contributed by atoms with Gasteiger partial charge in [-0.25, -0.2) is 9.37 Å². The molecule has 0 bridgehead atoms. The lowest BCUT2D eigenvalue weighted by atomic mass is 10.1. The van der Waals surface area contributed by atoms with Gasteiger partial charge in [-0.15, -0.1) is 0 Å². The molecule has 2 aromatic heterocycles. The number of benzene rings is 2. The molecular weight excluding hydrogens is 455 g/mol. The maximum atomic E-state index is 13.8. The van der Waals surface area contributed by atoms with Crippen molar-refractivity contribution in [3.05, 3.63) is 71.9 Å². The van der Waals surface area contributed by atoms with Gasteiger partial charge in [0.15, 0.2) is 5.13 Å². The van der Waals surface area contributed by atoms with Crippen molar-refractivity contribution < 1.29 is 18.4 Å². The number of aromatic nitrogens is 1. The van der Waals surface area contributed by atoms with E-state index in [0.717, 1.165) is 18.2 Å². The molecule has 2 fully saturated rings. The van der Waals surface area contributed by atoms with Gasteiger partial charge in [0.1, 0.15) is 17.1 Å². The Kier molecular flexibility index (Phi) is 4.88. The molecule has 4 aromatic rings. The number of amides is 2. The van der Waals surface area contributed by atoms with Crippen molar-refractivity contribution in [2.24, 2.45) is 5.92 Å². The van der Waals surface area contributed by atoms with Crippen molar-refractivity contribution in [3.8, 4) is 10.4 Å². The van der Waals surface area contributed by atoms with Crippen molar-refractivity contribution in [3.63, 3.8) is 0 Å². The Balaban J connectivity index is 1.23. The number of nitrogens with zero attached hydrogens (tertiary/aromatic N) is 2. The van der Waals surface area contributed by atoms with Gasteiger partial charge < -0.3 is 20.4 Å². The summed E-state index contributed by atoms with van der Waals surface area (Å²) in [5, 5.41) is 4.00. The number of furan rings is 1. The highest BCUT2D eigenvalue weighted by atomic mass is 32.1. The molecule has 2 aromatic carbocycles. The van der Waals surface area contributed by atoms with Gasteiger partial charge in [-0.2, -0.15) is 0 Å². The lowest BCUT2D eigenvalue weighted by Gasteiger charge is -2.27. The number of anilines is 1. The first-order chi connectivity index (χ1) is 16.5. The molecule has 9 heteroatoms. The van der Waals surface area contributed by atoms with Gasteiger partial charge in [0.2, 0.25) is 0 Å². The first-order valence-electron chi connectivity index (χ1n) is 11.1. The fraction of sp³-hybridized carbons (Fsp3) is 0.240. The van der Waals surface area contributed by atoms with E-state index >= 15 is 0 Å². The summed E-state index contributed by atoms with van der Waals surface area (Å²) >= 11 is 1.17. The second-order valence-corrected chi connectivity index (χ2v) is 9.78. The van der Waals surface area contributed by atoms with E-state index < -0.39 is 0 Å². The van der Waals surface area contributed by atoms with Gasteiger partial charge in [0.05, 0.1) is 22.7 Å². The van der Waals surface area contributed by atoms with Crippen LogP contribution in [0.25, 0.3) is 21.4 Å². The molecule has 6 rings (SSSR count). The van der Waals surface area contributed by atoms with Crippen molar-refractivity contribution in [1.82, 2.24) is 15.2 Å². The number of carbonyl (C=O) groups excluding carboxylic acids is 2. The third kappa shape index (κ3) is 3.52. The Hall–Kier alpha value is -3.72. The summed E-state index contributed by atoms with van der Waals surface area (Å²) in [5.74, 6) is -0.400. The number of piperidine rings is 1. The number of nitrogens with one attached hydrogen (secondary N) is 1. The first-order valence-corrected chi connectivity index (χ1v) is 11.9. The van der Waals surface area contributed by atoms with Crippen molar-refractivity contribution >= 4 is 39.3 Å². The van der Waals surface area contributed by atoms with Crippen LogP contribution >= 0.6 is 11.3 Å². The topological polar surface area (TPSA) is 101 Å². The second-order valence-electron chi connectivity index (χ2n) is 8.75. The van der Waals surface area contributed by atoms with E-state index in [9.17, 15) is 14.0 Å². The summed E-state index contributed by atoms with van der Waals surface area (Å²) in [6.07, 6.45) is 3.32. The third-order valence-electron chi connectivity index (χ3n) is 6.62. The average Bonchev–Trinajstić information content (AvgIpc) is 3.18. The normalized spacial score (nSPS) is 21.0. The molecule has 3 N–H and O–H groups in total. The summed E-state index contributed by atoms with van der Waals surface area (Å²) in [6.45, 7) is 0.334. The molecule has 34 heavy (non-hydrogen) atoms. The predicted molar refractivity (Wildman–Crippen MR) is 127 cm³/mol. The lowest BCUT2D eigenvalue weighted by molar-refractivity contribution is 0.0685. The summed E-state index contributed by atoms with van der Waals surface area (Å²) in [7, 11) is 0. The van der Waals surface area contributed by atoms with Gasteiger partial charge in [-0.3, -0.25) is 9.59 Å². The highest BCUT2D eigenvalue weighted by Crippen LogP contribution is 2.49. The molecule has 2 amide bonds. The number of halogens is 1. The fourth-order valence-electron chi connectivity index (χ4n) is 4.98. The van der Waals surface area contributed by atoms with E-state index in [1.54, 1.807) is 36.6 Å². The van der Waals surface area contributed by atoms with Gasteiger partial charge in [-0.1, -0.05) is 29.5 Å². The second kappa shape index (κ2) is 7.95. The molecular formula is C25H21FN4O3S. The van der Waals surface area contributed by atoms with Crippen LogP contribution in [0.4, 0.5) is 9.52 Å². The minimum atomic E-state index is -0.389. The van der Waals surface area contributed by atoms with Crippen LogP contribution in [0.15, 0.2) is 59.2 Å². The van der Waals surface area contributed by atoms with E-state index in [1.165, 1.54) is 23.5 Å². The molecule has 1 saturated heterocycles. The molecule has 172 valence electrons. The molecule has 2 aliphatic rings. The Morgan fingerprint density at radius 3 is 2.91 bits per heavy atom. The zero-order valence-electron chi connectivity index (χ0n) is 18.0. The molecule has 1 aliphatic carbocycles. The lowest BCUT2D eigenvalue weighted by Crippen LogP contribution is -2.45. The van der Waals surface area contributed by atoms with Gasteiger partial charge >= 0.3 is 0 Å². The van der Waals surface area contributed by atoms with Crippen LogP contribution < -0.4 is 11.1 Å². The maximum absolute atomic E-state index is 13.8. The molecule has 1 saturated carbocycles. The van der Waals surface area contributed by atoms with E-state index in [0.29, 0.717) is 34.0 Å². The molecule has 1 aliphatic heterocycles. The Bertz CT molecular complexity index is 1430. The fourth-order valence-corrected chi connectivity index (χ4v) is 5.81. The van der Waals surface area contributed by atoms with Crippen LogP contribution in [0.2, 0.25) is 0 Å². The van der Waals surface area contributed by atoms with Crippen molar-refractivity contribution in [2.75, 3.05) is 12.3 Å². The number of likely N-dealkylation sites (tertiary alicyclic amines) is 1. The van der Waals surface area contributed by atoms with E-state index in [1.807, 2.05) is 11.0 Å². The molecule has 3 atom stereocenters. The highest BCUT2D eigenvalue weighted by Gasteiger charge is 2.54. The Labute approximate surface area is 198 Å². The van der Waals surface area contributed by atoms with Crippen LogP contribution in [-0.2, 0) is 0 Å². The standard InChI is InChI=1S/C25H21FN4O3S/c26-15-4-1-3-13(9-15)22-21(29-25(27)34-22)24(32)30-16(10-14-11-19(14)30)12-28-23(31)18-5-2-6-20-17(18)7-8-33-20/h1-9,14,16,19H,10-12H2,(H2,27,29)(H,28,31)/t14?,16-,19?/m0/s1. The maximum Gasteiger partial charge on any atom is 0.274 e. The summed E-state index contributed by atoms with van der Waals surface area (Å²) in [4.78, 5) is 33.2. The highest BCUT2D eigenvalue weighted by molar-refractivity contribution is 7.19. The molecule has 2 unspecified atom stereocenters. The van der Waals surface area contributed by atoms with Gasteiger partial charge in [0.25, 0.3) is 11.8 Å². The van der Waals surface area contributed by atoms with E-state index in [4.69, 9.17) is 10.2 Å². The number of nitrogen functional groups attached to an aromatic ring is 1. The summed E-state index contributed by atoms with van der Waals surface area (Å²) in [5.41, 5.74) is 7.94. The smallest absolute Gasteiger partial charge is 0.274 e. The molecule has 0 radical (unpaired) electrons. The minimum absolute atomic E-state index is 0.134. The van der Waals surface area contributed by atoms with Crippen molar-refractivity contribution in [2.45, 2.75) is 24.9 Å². The number of nitrogens with two attached hydrogens (primary N) is 1. The van der Waals surface area contributed by atoms with E-state index in [-0.39, 0.29) is 40.5 Å². The number of rotatable bonds is 5. The van der Waals surface area contributed by atoms with Crippen molar-refractivity contribution in [1.29, 1.82) is 0 Å². The SMILES string of the molecule is Nc1nc(C(=O)N2C3CC3C[C@H]2CNC(=O)c2cccc3occc23)c(-c2cccc(F)c2)s1. The zero-order chi connectivity index (χ0) is 23.4. The van der Waals surface area contributed by atoms with Gasteiger partial charge in [0, 0.05) is 18.0 Å². The molecule has 3 heterocycles. The summed E-state index contributed by atoms with van der Waals surface area (Å²) in [6, 6.07) is 13.2. The number of fused-ring (bicyclic) bond motifs is 2. The molecule has 0 spiro atoms. The summed E-state index contributed by atoms with van der Waals surface area (Å²) < 4.78 is 19.2. The number of hydrogen-bond donors (Lipinski definition) is 2. The van der Waals surface area contributed by atoms with Crippen LogP contribution in [0.5, 0.6) is 0 Å². The van der Waals surface area contributed by atoms with Gasteiger partial charge in [-0.05, 0) is 54.7 Å². The minimum Gasteiger partial charge on any atom is -0.464 e. The van der Waals surface area contributed by atoms with Crippen LogP contribution in [0, 0.1) is 11.7 Å². The number of hydrogen-bond acceptors (Lipinski definition) is 6. The van der Waals surface area contributed by atoms with Crippen LogP contribution in [-0.4, -0.2) is 40.3 Å². The Morgan fingerprint density at radius 2 is 2.06 bits per heavy atom. The zero-order valence-corrected chi connectivity index (χ0v) is 18.8. The Morgan fingerprint density at radius 1 is 1.21 bits per heavy atom. The average molecular weight is 477 g/mol. The quantitative estimate of drug-likeness (QED) is 0.447. The van der Waals surface area contributed by atoms with Crippen LogP contribution in [0.3, 0.4) is 0 Å². The third-order valence-corrected chi connectivity index (χ3v) is 7.55. The first kappa shape index (κ1) is 20.9. The number of carbonyl (C=O) groups is 2. The van der Waals surface area contributed by atoms with E-state index in [2.05, 4.69) is 10.3 Å². The van der Waals surface area contributed by atoms with Crippen LogP contribution in [0.1, 0.15) is 33.7 Å². The number of thiazole rings is 1. The monoisotopic (exact) mass is 476 g/mol. The molecule has 7 nitrogen and oxygen atoms in total.